The Morgan fingerprint density at radius 3 is 2.30 bits per heavy atom. The third-order valence-electron chi connectivity index (χ3n) is 2.80. The standard InChI is InChI=1S/C14H22N2O3S/c1-11(2)9-15-14(17)10-16(4)20(18,19)13-7-5-12(3)6-8-13/h5-8,11H,9-10H2,1-4H3,(H,15,17). The molecule has 0 aliphatic carbocycles. The highest BCUT2D eigenvalue weighted by molar-refractivity contribution is 7.89. The SMILES string of the molecule is Cc1ccc(S(=O)(=O)N(C)CC(=O)NCC(C)C)cc1. The predicted molar refractivity (Wildman–Crippen MR) is 78.8 cm³/mol. The minimum absolute atomic E-state index is 0.178. The third kappa shape index (κ3) is 4.61. The molecule has 1 aromatic rings. The van der Waals surface area contributed by atoms with Crippen LogP contribution in [0.4, 0.5) is 0 Å². The molecule has 0 aliphatic rings. The summed E-state index contributed by atoms with van der Waals surface area (Å²) < 4.78 is 25.6. The molecule has 1 amide bonds. The van der Waals surface area contributed by atoms with Gasteiger partial charge in [-0.2, -0.15) is 4.31 Å². The second-order valence-corrected chi connectivity index (χ2v) is 7.32. The van der Waals surface area contributed by atoms with E-state index in [-0.39, 0.29) is 17.3 Å². The molecule has 1 rings (SSSR count). The number of aryl methyl sites for hydroxylation is 1. The number of rotatable bonds is 6. The van der Waals surface area contributed by atoms with Crippen molar-refractivity contribution in [3.05, 3.63) is 29.8 Å². The molecule has 0 saturated carbocycles. The van der Waals surface area contributed by atoms with E-state index in [1.165, 1.54) is 7.05 Å². The normalized spacial score (nSPS) is 11.9. The van der Waals surface area contributed by atoms with Crippen molar-refractivity contribution in [1.29, 1.82) is 0 Å². The van der Waals surface area contributed by atoms with Gasteiger partial charge in [0.1, 0.15) is 0 Å². The highest BCUT2D eigenvalue weighted by atomic mass is 32.2. The van der Waals surface area contributed by atoms with Gasteiger partial charge in [-0.1, -0.05) is 31.5 Å². The van der Waals surface area contributed by atoms with Crippen molar-refractivity contribution in [3.63, 3.8) is 0 Å². The summed E-state index contributed by atoms with van der Waals surface area (Å²) >= 11 is 0. The topological polar surface area (TPSA) is 66.5 Å². The lowest BCUT2D eigenvalue weighted by atomic mass is 10.2. The van der Waals surface area contributed by atoms with Crippen molar-refractivity contribution in [2.75, 3.05) is 20.1 Å². The summed E-state index contributed by atoms with van der Waals surface area (Å²) in [5.41, 5.74) is 0.987. The lowest BCUT2D eigenvalue weighted by Gasteiger charge is -2.17. The van der Waals surface area contributed by atoms with Crippen molar-refractivity contribution < 1.29 is 13.2 Å². The molecular formula is C14H22N2O3S. The van der Waals surface area contributed by atoms with Crippen molar-refractivity contribution in [2.24, 2.45) is 5.92 Å². The molecule has 1 N–H and O–H groups in total. The van der Waals surface area contributed by atoms with Gasteiger partial charge >= 0.3 is 0 Å². The van der Waals surface area contributed by atoms with Gasteiger partial charge in [0.15, 0.2) is 0 Å². The highest BCUT2D eigenvalue weighted by Gasteiger charge is 2.22. The molecule has 0 radical (unpaired) electrons. The molecular weight excluding hydrogens is 276 g/mol. The fraction of sp³-hybridized carbons (Fsp3) is 0.500. The van der Waals surface area contributed by atoms with Crippen LogP contribution >= 0.6 is 0 Å². The van der Waals surface area contributed by atoms with Crippen LogP contribution in [0.3, 0.4) is 0 Å². The summed E-state index contributed by atoms with van der Waals surface area (Å²) in [6.45, 7) is 6.21. The zero-order valence-electron chi connectivity index (χ0n) is 12.4. The first-order valence-corrected chi connectivity index (χ1v) is 7.97. The molecule has 0 fully saturated rings. The van der Waals surface area contributed by atoms with Crippen LogP contribution in [0.2, 0.25) is 0 Å². The molecule has 1 aromatic carbocycles. The van der Waals surface area contributed by atoms with Crippen LogP contribution in [0, 0.1) is 12.8 Å². The Morgan fingerprint density at radius 1 is 1.25 bits per heavy atom. The van der Waals surface area contributed by atoms with Gasteiger partial charge in [0.2, 0.25) is 15.9 Å². The molecule has 0 atom stereocenters. The number of hydrogen-bond acceptors (Lipinski definition) is 3. The number of benzene rings is 1. The van der Waals surface area contributed by atoms with Gasteiger partial charge < -0.3 is 5.32 Å². The maximum Gasteiger partial charge on any atom is 0.243 e. The summed E-state index contributed by atoms with van der Waals surface area (Å²) in [5.74, 6) is 0.0369. The van der Waals surface area contributed by atoms with Gasteiger partial charge in [0.05, 0.1) is 11.4 Å². The molecule has 6 heteroatoms. The van der Waals surface area contributed by atoms with Gasteiger partial charge in [-0.15, -0.1) is 0 Å². The summed E-state index contributed by atoms with van der Waals surface area (Å²) in [6.07, 6.45) is 0. The van der Waals surface area contributed by atoms with Crippen LogP contribution in [0.25, 0.3) is 0 Å². The zero-order chi connectivity index (χ0) is 15.3. The van der Waals surface area contributed by atoms with Gasteiger partial charge in [-0.3, -0.25) is 4.79 Å². The number of hydrogen-bond donors (Lipinski definition) is 1. The van der Waals surface area contributed by atoms with E-state index >= 15 is 0 Å². The summed E-state index contributed by atoms with van der Waals surface area (Å²) in [7, 11) is -2.21. The lowest BCUT2D eigenvalue weighted by Crippen LogP contribution is -2.39. The van der Waals surface area contributed by atoms with Crippen LogP contribution in [0.15, 0.2) is 29.2 Å². The fourth-order valence-electron chi connectivity index (χ4n) is 1.55. The molecule has 0 aliphatic heterocycles. The van der Waals surface area contributed by atoms with Crippen molar-refractivity contribution in [2.45, 2.75) is 25.7 Å². The Morgan fingerprint density at radius 2 is 1.80 bits per heavy atom. The molecule has 0 unspecified atom stereocenters. The van der Waals surface area contributed by atoms with Crippen molar-refractivity contribution in [1.82, 2.24) is 9.62 Å². The fourth-order valence-corrected chi connectivity index (χ4v) is 2.68. The minimum Gasteiger partial charge on any atom is -0.355 e. The third-order valence-corrected chi connectivity index (χ3v) is 4.62. The van der Waals surface area contributed by atoms with E-state index in [1.54, 1.807) is 24.3 Å². The van der Waals surface area contributed by atoms with Gasteiger partial charge in [-0.05, 0) is 25.0 Å². The molecule has 0 saturated heterocycles. The Balaban J connectivity index is 2.72. The van der Waals surface area contributed by atoms with E-state index in [0.717, 1.165) is 9.87 Å². The van der Waals surface area contributed by atoms with Gasteiger partial charge in [0.25, 0.3) is 0 Å². The maximum atomic E-state index is 12.3. The Labute approximate surface area is 121 Å². The first-order valence-electron chi connectivity index (χ1n) is 6.53. The molecule has 0 aromatic heterocycles. The monoisotopic (exact) mass is 298 g/mol. The smallest absolute Gasteiger partial charge is 0.243 e. The first-order chi connectivity index (χ1) is 9.23. The average Bonchev–Trinajstić information content (AvgIpc) is 2.36. The van der Waals surface area contributed by atoms with Crippen LogP contribution < -0.4 is 5.32 Å². The predicted octanol–water partition coefficient (Wildman–Crippen LogP) is 1.39. The van der Waals surface area contributed by atoms with Gasteiger partial charge in [0, 0.05) is 13.6 Å². The van der Waals surface area contributed by atoms with E-state index in [2.05, 4.69) is 5.32 Å². The Bertz CT molecular complexity index is 550. The number of carbonyl (C=O) groups is 1. The molecule has 0 heterocycles. The molecule has 20 heavy (non-hydrogen) atoms. The Hall–Kier alpha value is -1.40. The van der Waals surface area contributed by atoms with Crippen molar-refractivity contribution in [3.8, 4) is 0 Å². The largest absolute Gasteiger partial charge is 0.355 e. The van der Waals surface area contributed by atoms with Crippen LogP contribution in [0.5, 0.6) is 0 Å². The number of carbonyl (C=O) groups excluding carboxylic acids is 1. The van der Waals surface area contributed by atoms with E-state index in [1.807, 2.05) is 20.8 Å². The number of amides is 1. The minimum atomic E-state index is -3.62. The van der Waals surface area contributed by atoms with E-state index in [4.69, 9.17) is 0 Å². The number of nitrogens with one attached hydrogen (secondary N) is 1. The second-order valence-electron chi connectivity index (χ2n) is 5.27. The van der Waals surface area contributed by atoms with Crippen LogP contribution in [-0.2, 0) is 14.8 Å². The number of likely N-dealkylation sites (N-methyl/N-ethyl adjacent to an activating group) is 1. The zero-order valence-corrected chi connectivity index (χ0v) is 13.2. The van der Waals surface area contributed by atoms with E-state index in [0.29, 0.717) is 12.5 Å². The number of nitrogens with zero attached hydrogens (tertiary/aromatic N) is 1. The van der Waals surface area contributed by atoms with E-state index in [9.17, 15) is 13.2 Å². The Kier molecular flexibility index (Phi) is 5.71. The second kappa shape index (κ2) is 6.85. The lowest BCUT2D eigenvalue weighted by molar-refractivity contribution is -0.121. The van der Waals surface area contributed by atoms with Gasteiger partial charge in [-0.25, -0.2) is 8.42 Å². The number of sulfonamides is 1. The average molecular weight is 298 g/mol. The maximum absolute atomic E-state index is 12.3. The molecule has 5 nitrogen and oxygen atoms in total. The summed E-state index contributed by atoms with van der Waals surface area (Å²) in [6, 6.07) is 6.57. The van der Waals surface area contributed by atoms with Crippen LogP contribution in [0.1, 0.15) is 19.4 Å². The highest BCUT2D eigenvalue weighted by Crippen LogP contribution is 2.14. The first kappa shape index (κ1) is 16.7. The summed E-state index contributed by atoms with van der Waals surface area (Å²) in [5, 5.41) is 2.70. The van der Waals surface area contributed by atoms with E-state index < -0.39 is 10.0 Å². The summed E-state index contributed by atoms with van der Waals surface area (Å²) in [4.78, 5) is 11.9. The van der Waals surface area contributed by atoms with Crippen LogP contribution in [-0.4, -0.2) is 38.8 Å². The molecule has 0 bridgehead atoms. The molecule has 0 spiro atoms. The molecule has 112 valence electrons. The van der Waals surface area contributed by atoms with Crippen molar-refractivity contribution >= 4 is 15.9 Å². The quantitative estimate of drug-likeness (QED) is 0.863.